The van der Waals surface area contributed by atoms with Crippen LogP contribution in [0.15, 0.2) is 83.1 Å². The van der Waals surface area contributed by atoms with Crippen LogP contribution < -0.4 is 25.0 Å². The van der Waals surface area contributed by atoms with Crippen LogP contribution in [0.5, 0.6) is 6.01 Å². The van der Waals surface area contributed by atoms with Gasteiger partial charge in [0.25, 0.3) is 5.91 Å². The third kappa shape index (κ3) is 12.6. The van der Waals surface area contributed by atoms with Crippen LogP contribution in [0.4, 0.5) is 20.4 Å². The van der Waals surface area contributed by atoms with E-state index in [0.717, 1.165) is 71.2 Å². The summed E-state index contributed by atoms with van der Waals surface area (Å²) in [6, 6.07) is 19.6. The summed E-state index contributed by atoms with van der Waals surface area (Å²) >= 11 is 8.58. The number of aromatic nitrogens is 4. The number of amides is 2. The van der Waals surface area contributed by atoms with Crippen molar-refractivity contribution < 1.29 is 42.6 Å². The largest absolute Gasteiger partial charge is 0.462 e. The number of aliphatic hydroxyl groups excluding tert-OH is 2. The number of ketones is 1. The van der Waals surface area contributed by atoms with Gasteiger partial charge in [0.2, 0.25) is 5.91 Å². The number of Topliss-reactive ketones (excluding diaryl/α,β-unsaturated/α-hetero) is 1. The molecule has 1 spiro atoms. The quantitative estimate of drug-likeness (QED) is 0.0822. The maximum absolute atomic E-state index is 17.3. The Kier molecular flexibility index (Phi) is 18.5. The van der Waals surface area contributed by atoms with E-state index in [-0.39, 0.29) is 121 Å². The molecular formula is C64H73ClF2N10O7S. The molecule has 5 aliphatic rings. The molecule has 4 aliphatic heterocycles. The molecule has 3 aromatic carbocycles. The second-order valence-corrected chi connectivity index (χ2v) is 24.6. The van der Waals surface area contributed by atoms with Crippen LogP contribution in [-0.4, -0.2) is 152 Å². The van der Waals surface area contributed by atoms with Gasteiger partial charge in [-0.1, -0.05) is 106 Å². The normalized spacial score (nSPS) is 21.0. The van der Waals surface area contributed by atoms with Gasteiger partial charge in [0, 0.05) is 87.5 Å². The average Bonchev–Trinajstić information content (AvgIpc) is 2.41. The second-order valence-electron chi connectivity index (χ2n) is 23.4. The predicted molar refractivity (Wildman–Crippen MR) is 324 cm³/mol. The summed E-state index contributed by atoms with van der Waals surface area (Å²) in [5.41, 5.74) is 5.54. The molecular weight excluding hydrogens is 1130 g/mol. The molecule has 17 nitrogen and oxygen atoms in total. The van der Waals surface area contributed by atoms with Crippen molar-refractivity contribution in [2.24, 2.45) is 11.3 Å². The Bertz CT molecular complexity index is 3650. The molecule has 448 valence electrons. The van der Waals surface area contributed by atoms with Gasteiger partial charge in [-0.2, -0.15) is 15.2 Å². The fraction of sp³-hybridized carbons (Fsp3) is 0.469. The van der Waals surface area contributed by atoms with Crippen molar-refractivity contribution in [3.63, 3.8) is 0 Å². The lowest BCUT2D eigenvalue weighted by atomic mass is 9.72. The second kappa shape index (κ2) is 25.8. The molecule has 6 aromatic rings. The standard InChI is InChI=1S/C62H67ClF2N10O7S.C2H6/c1-35(2)53(60(80)75-31-44(77)27-49(75)50(78)24-36(3)39-10-12-40(13-11-39)57-38(5)67-34-83-57)51-29-52(70-82-51)73-32-62(33-73)15-18-71(19-16-62)22-23-81-61-68-56-47(58(69-61)72-20-21-74(59(79)37(4)64)42(30-72)14-17-66)28-48(63)54(55(56)65)46-26-43(76)25-41-8-6-7-9-45(41)46;1-2/h6-13,25,28-29,34-36,42-44,49,53,76-77H,4,14-16,18-24,26-27,30-33H2,1-3,5H3;1-2H3/t36-,42+,43-,44-,49+,53-;/m1./s1. The molecule has 7 heterocycles. The molecule has 11 rings (SSSR count). The highest BCUT2D eigenvalue weighted by molar-refractivity contribution is 7.13. The lowest BCUT2D eigenvalue weighted by Gasteiger charge is -2.54. The number of thiazole rings is 1. The van der Waals surface area contributed by atoms with Crippen LogP contribution in [-0.2, 0) is 14.4 Å². The summed E-state index contributed by atoms with van der Waals surface area (Å²) in [7, 11) is 0. The van der Waals surface area contributed by atoms with E-state index in [9.17, 15) is 34.2 Å². The van der Waals surface area contributed by atoms with Crippen molar-refractivity contribution in [1.29, 1.82) is 5.26 Å². The summed E-state index contributed by atoms with van der Waals surface area (Å²) in [6.45, 7) is 19.3. The van der Waals surface area contributed by atoms with Crippen LogP contribution in [0.1, 0.15) is 108 Å². The zero-order valence-corrected chi connectivity index (χ0v) is 50.5. The number of β-amino-alcohol motifs (C(OH)–C–C–N with tert-alkyl or cyclic N) is 1. The Labute approximate surface area is 502 Å². The third-order valence-electron chi connectivity index (χ3n) is 17.4. The number of aliphatic hydroxyl groups is 2. The van der Waals surface area contributed by atoms with Gasteiger partial charge in [-0.05, 0) is 84.0 Å². The summed E-state index contributed by atoms with van der Waals surface area (Å²) in [5.74, 6) is -2.69. The number of piperazine rings is 1. The molecule has 1 aliphatic carbocycles. The van der Waals surface area contributed by atoms with Crippen LogP contribution in [0.2, 0.25) is 5.02 Å². The van der Waals surface area contributed by atoms with Gasteiger partial charge in [-0.25, -0.2) is 13.8 Å². The molecule has 2 N–H and O–H groups in total. The van der Waals surface area contributed by atoms with E-state index in [1.165, 1.54) is 4.90 Å². The Morgan fingerprint density at radius 1 is 0.988 bits per heavy atom. The number of halogens is 3. The van der Waals surface area contributed by atoms with Crippen molar-refractivity contribution in [1.82, 2.24) is 34.8 Å². The summed E-state index contributed by atoms with van der Waals surface area (Å²) in [6.07, 6.45) is 2.30. The van der Waals surface area contributed by atoms with E-state index in [1.54, 1.807) is 28.4 Å². The van der Waals surface area contributed by atoms with Gasteiger partial charge in [-0.15, -0.1) is 11.3 Å². The van der Waals surface area contributed by atoms with Gasteiger partial charge in [0.1, 0.15) is 23.9 Å². The topological polar surface area (TPSA) is 206 Å². The number of rotatable bonds is 17. The van der Waals surface area contributed by atoms with E-state index in [0.29, 0.717) is 23.7 Å². The van der Waals surface area contributed by atoms with E-state index < -0.39 is 47.8 Å². The van der Waals surface area contributed by atoms with Crippen LogP contribution in [0, 0.1) is 35.4 Å². The smallest absolute Gasteiger partial charge is 0.319 e. The average molecular weight is 1200 g/mol. The fourth-order valence-electron chi connectivity index (χ4n) is 12.9. The van der Waals surface area contributed by atoms with E-state index in [2.05, 4.69) is 49.7 Å². The number of anilines is 2. The SMILES string of the molecule is C=C(F)C(=O)N1CCN(c2nc(OCCN3CCC4(CC3)CN(c3cc([C@H](C(=O)N5C[C@H](O)C[C@H]5C(=O)C[C@@H](C)c5ccc(-c6scnc6C)cc5)C(C)C)on3)C4)nc3c(F)c(C4=c5ccccc5=C[C@@H](O)C4)c(Cl)cc23)C[C@@H]1CC#N.CC. The van der Waals surface area contributed by atoms with Crippen molar-refractivity contribution in [2.75, 3.05) is 75.3 Å². The first-order chi connectivity index (χ1) is 40.9. The maximum atomic E-state index is 17.3. The van der Waals surface area contributed by atoms with Crippen molar-refractivity contribution in [3.8, 4) is 22.5 Å². The van der Waals surface area contributed by atoms with Gasteiger partial charge in [0.15, 0.2) is 29.0 Å². The van der Waals surface area contributed by atoms with Crippen molar-refractivity contribution in [3.05, 3.63) is 122 Å². The third-order valence-corrected chi connectivity index (χ3v) is 18.7. The zero-order valence-electron chi connectivity index (χ0n) is 48.9. The van der Waals surface area contributed by atoms with Crippen molar-refractivity contribution >= 4 is 74.7 Å². The van der Waals surface area contributed by atoms with Crippen LogP contribution in [0.3, 0.4) is 0 Å². The van der Waals surface area contributed by atoms with Gasteiger partial charge < -0.3 is 39.1 Å². The molecule has 21 heteroatoms. The first kappa shape index (κ1) is 61.0. The highest BCUT2D eigenvalue weighted by Gasteiger charge is 2.47. The minimum atomic E-state index is -1.13. The molecule has 0 bridgehead atoms. The van der Waals surface area contributed by atoms with Crippen molar-refractivity contribution in [2.45, 2.75) is 116 Å². The fourth-order valence-corrected chi connectivity index (χ4v) is 14.1. The number of aryl methyl sites for hydroxylation is 1. The molecule has 4 fully saturated rings. The lowest BCUT2D eigenvalue weighted by molar-refractivity contribution is -0.140. The number of nitrogens with zero attached hydrogens (tertiary/aromatic N) is 10. The highest BCUT2D eigenvalue weighted by atomic mass is 35.5. The minimum Gasteiger partial charge on any atom is -0.462 e. The number of carbonyl (C=O) groups excluding carboxylic acids is 3. The first-order valence-corrected chi connectivity index (χ1v) is 30.7. The van der Waals surface area contributed by atoms with Gasteiger partial charge in [-0.3, -0.25) is 19.3 Å². The first-order valence-electron chi connectivity index (χ1n) is 29.4. The number of hydrogen-bond donors (Lipinski definition) is 2. The van der Waals surface area contributed by atoms with Crippen LogP contribution >= 0.6 is 22.9 Å². The predicted octanol–water partition coefficient (Wildman–Crippen LogP) is 8.47. The molecule has 0 radical (unpaired) electrons. The number of carbonyl (C=O) groups is 3. The monoisotopic (exact) mass is 1200 g/mol. The van der Waals surface area contributed by atoms with E-state index in [4.69, 9.17) is 25.8 Å². The van der Waals surface area contributed by atoms with Gasteiger partial charge in [0.05, 0.1) is 57.9 Å². The molecule has 3 aromatic heterocycles. The summed E-state index contributed by atoms with van der Waals surface area (Å²) in [5, 5.41) is 37.7. The lowest BCUT2D eigenvalue weighted by Crippen LogP contribution is -2.60. The van der Waals surface area contributed by atoms with Gasteiger partial charge >= 0.3 is 6.01 Å². The molecule has 4 saturated heterocycles. The molecule has 6 atom stereocenters. The summed E-state index contributed by atoms with van der Waals surface area (Å²) in [4.78, 5) is 65.3. The Balaban J connectivity index is 0.00000397. The molecule has 2 amide bonds. The van der Waals surface area contributed by atoms with E-state index in [1.807, 2.05) is 94.4 Å². The number of ether oxygens (including phenoxy) is 1. The molecule has 0 saturated carbocycles. The zero-order chi connectivity index (χ0) is 60.4. The Morgan fingerprint density at radius 2 is 1.73 bits per heavy atom. The molecule has 85 heavy (non-hydrogen) atoms. The number of fused-ring (bicyclic) bond motifs is 2. The Morgan fingerprint density at radius 3 is 2.42 bits per heavy atom. The number of nitriles is 1. The van der Waals surface area contributed by atoms with E-state index >= 15 is 4.39 Å². The summed E-state index contributed by atoms with van der Waals surface area (Å²) < 4.78 is 43.7. The number of benzene rings is 3. The number of hydrogen-bond acceptors (Lipinski definition) is 16. The molecule has 0 unspecified atom stereocenters. The van der Waals surface area contributed by atoms with Crippen LogP contribution in [0.25, 0.3) is 33.0 Å². The number of piperidine rings is 1. The minimum absolute atomic E-state index is 0.0452. The number of likely N-dealkylation sites (tertiary alicyclic amines) is 2. The Hall–Kier alpha value is -7.15. The highest BCUT2D eigenvalue weighted by Crippen LogP contribution is 2.44. The maximum Gasteiger partial charge on any atom is 0.319 e.